The van der Waals surface area contributed by atoms with E-state index < -0.39 is 12.7 Å². The predicted octanol–water partition coefficient (Wildman–Crippen LogP) is 5.00. The summed E-state index contributed by atoms with van der Waals surface area (Å²) in [7, 11) is 0. The monoisotopic (exact) mass is 339 g/mol. The summed E-state index contributed by atoms with van der Waals surface area (Å²) in [5.41, 5.74) is 3.26. The molecule has 2 aromatic rings. The van der Waals surface area contributed by atoms with Crippen molar-refractivity contribution in [3.8, 4) is 0 Å². The van der Waals surface area contributed by atoms with Gasteiger partial charge in [-0.3, -0.25) is 0 Å². The molecule has 23 heavy (non-hydrogen) atoms. The molecule has 1 aliphatic carbocycles. The van der Waals surface area contributed by atoms with Crippen molar-refractivity contribution in [1.29, 1.82) is 0 Å². The zero-order chi connectivity index (χ0) is 18.5. The largest absolute Gasteiger partial charge is 0.358 e. The second-order valence-corrected chi connectivity index (χ2v) is 7.63. The summed E-state index contributed by atoms with van der Waals surface area (Å²) in [6, 6.07) is 5.40. The van der Waals surface area contributed by atoms with Gasteiger partial charge >= 0.3 is 0 Å². The van der Waals surface area contributed by atoms with Gasteiger partial charge in [0.15, 0.2) is 0 Å². The van der Waals surface area contributed by atoms with E-state index in [4.69, 9.17) is 4.11 Å². The molecule has 0 bridgehead atoms. The summed E-state index contributed by atoms with van der Waals surface area (Å²) >= 11 is 0.555. The molecule has 1 saturated carbocycles. The Hall–Kier alpha value is -1.07. The van der Waals surface area contributed by atoms with Gasteiger partial charge in [0.05, 0.1) is 0 Å². The lowest BCUT2D eigenvalue weighted by Crippen LogP contribution is -2.27. The Kier molecular flexibility index (Phi) is 3.26. The van der Waals surface area contributed by atoms with Gasteiger partial charge in [0, 0.05) is 31.6 Å². The number of nitrogens with zero attached hydrogens (tertiary/aromatic N) is 1. The van der Waals surface area contributed by atoms with Gasteiger partial charge in [-0.2, -0.15) is 8.78 Å². The lowest BCUT2D eigenvalue weighted by atomic mass is 9.99. The molecular formula is C18H22F2N2S. The molecule has 0 spiro atoms. The van der Waals surface area contributed by atoms with Crippen LogP contribution in [-0.2, 0) is 6.42 Å². The Morgan fingerprint density at radius 2 is 2.26 bits per heavy atom. The molecule has 0 radical (unpaired) electrons. The van der Waals surface area contributed by atoms with Gasteiger partial charge < -0.3 is 9.88 Å². The van der Waals surface area contributed by atoms with Crippen LogP contribution in [0.1, 0.15) is 47.0 Å². The first-order valence-electron chi connectivity index (χ1n) is 9.69. The van der Waals surface area contributed by atoms with Crippen LogP contribution in [0.4, 0.5) is 8.78 Å². The fourth-order valence-electron chi connectivity index (χ4n) is 3.65. The first kappa shape index (κ1) is 12.3. The van der Waals surface area contributed by atoms with E-state index in [9.17, 15) is 8.78 Å². The number of fused-ring (bicyclic) bond motifs is 1. The van der Waals surface area contributed by atoms with Crippen LogP contribution in [0, 0.1) is 0 Å². The lowest BCUT2D eigenvalue weighted by Gasteiger charge is -2.20. The average molecular weight is 339 g/mol. The van der Waals surface area contributed by atoms with E-state index in [1.165, 1.54) is 5.69 Å². The summed E-state index contributed by atoms with van der Waals surface area (Å²) < 4.78 is 48.9. The van der Waals surface area contributed by atoms with Gasteiger partial charge in [0.1, 0.15) is 0 Å². The van der Waals surface area contributed by atoms with Crippen molar-refractivity contribution in [2.24, 2.45) is 0 Å². The van der Waals surface area contributed by atoms with Crippen LogP contribution in [0.5, 0.6) is 0 Å². The summed E-state index contributed by atoms with van der Waals surface area (Å²) in [6.07, 6.45) is 4.67. The molecule has 1 aromatic carbocycles. The third-order valence-corrected chi connectivity index (χ3v) is 5.64. The first-order chi connectivity index (χ1) is 12.3. The minimum Gasteiger partial charge on any atom is -0.358 e. The summed E-state index contributed by atoms with van der Waals surface area (Å²) in [5.74, 6) is -1.95. The number of likely N-dealkylation sites (N-methyl/N-ethyl adjacent to an activating group) is 1. The van der Waals surface area contributed by atoms with Crippen LogP contribution >= 0.6 is 11.8 Å². The van der Waals surface area contributed by atoms with Crippen LogP contribution in [0.2, 0.25) is 0 Å². The number of alkyl halides is 2. The number of hydrogen-bond donors (Lipinski definition) is 1. The zero-order valence-corrected chi connectivity index (χ0v) is 13.6. The van der Waals surface area contributed by atoms with E-state index in [1.54, 1.807) is 11.0 Å². The van der Waals surface area contributed by atoms with Crippen molar-refractivity contribution >= 4 is 22.7 Å². The maximum absolute atomic E-state index is 12.8. The number of H-pyrrole nitrogens is 1. The highest BCUT2D eigenvalue weighted by molar-refractivity contribution is 7.99. The van der Waals surface area contributed by atoms with E-state index >= 15 is 0 Å². The second-order valence-electron chi connectivity index (χ2n) is 6.57. The van der Waals surface area contributed by atoms with Gasteiger partial charge in [-0.25, -0.2) is 0 Å². The number of aromatic amines is 1. The minimum absolute atomic E-state index is 0.0228. The Bertz CT molecular complexity index is 802. The SMILES string of the molecule is [2H]C([2H])([2H])N1CCC[C@@H]1Cc1c(C2CC2)[nH]c2ccc(SC(F)F)cc12. The maximum atomic E-state index is 12.8. The molecule has 2 fully saturated rings. The summed E-state index contributed by atoms with van der Waals surface area (Å²) in [4.78, 5) is 5.65. The van der Waals surface area contributed by atoms with Crippen molar-refractivity contribution in [3.63, 3.8) is 0 Å². The topological polar surface area (TPSA) is 19.0 Å². The van der Waals surface area contributed by atoms with Crippen molar-refractivity contribution < 1.29 is 12.9 Å². The quantitative estimate of drug-likeness (QED) is 0.773. The second kappa shape index (κ2) is 6.10. The molecule has 5 heteroatoms. The molecule has 1 aromatic heterocycles. The van der Waals surface area contributed by atoms with Gasteiger partial charge in [-0.05, 0) is 75.3 Å². The number of likely N-dealkylation sites (tertiary alicyclic amines) is 1. The normalized spacial score (nSPS) is 25.0. The number of nitrogens with one attached hydrogen (secondary N) is 1. The zero-order valence-electron chi connectivity index (χ0n) is 15.8. The third-order valence-electron chi connectivity index (χ3n) is 4.94. The molecule has 1 saturated heterocycles. The van der Waals surface area contributed by atoms with Gasteiger partial charge in [-0.1, -0.05) is 11.8 Å². The standard InChI is InChI=1S/C18H22F2N2S/c1-22-8-2-3-12(22)9-15-14-10-13(23-18(19)20)6-7-16(14)21-17(15)11-4-5-11/h6-7,10-12,18,21H,2-5,8-9H2,1H3/t12-/m1/s1/i1D3. The molecule has 1 aliphatic heterocycles. The fourth-order valence-corrected chi connectivity index (χ4v) is 4.19. The van der Waals surface area contributed by atoms with E-state index in [-0.39, 0.29) is 6.04 Å². The summed E-state index contributed by atoms with van der Waals surface area (Å²) in [6.45, 7) is -1.49. The molecule has 124 valence electrons. The van der Waals surface area contributed by atoms with Crippen LogP contribution in [0.25, 0.3) is 10.9 Å². The summed E-state index contributed by atoms with van der Waals surface area (Å²) in [5, 5.41) is 0.968. The van der Waals surface area contributed by atoms with Crippen molar-refractivity contribution in [2.45, 2.75) is 54.7 Å². The smallest absolute Gasteiger partial charge is 0.288 e. The molecule has 4 rings (SSSR count). The number of benzene rings is 1. The molecule has 1 atom stereocenters. The molecule has 2 aliphatic rings. The van der Waals surface area contributed by atoms with Gasteiger partial charge in [0.2, 0.25) is 0 Å². The van der Waals surface area contributed by atoms with Crippen LogP contribution < -0.4 is 0 Å². The van der Waals surface area contributed by atoms with Gasteiger partial charge in [-0.15, -0.1) is 0 Å². The Balaban J connectivity index is 1.71. The fraction of sp³-hybridized carbons (Fsp3) is 0.556. The average Bonchev–Trinajstić information content (AvgIpc) is 3.17. The maximum Gasteiger partial charge on any atom is 0.288 e. The van der Waals surface area contributed by atoms with E-state index in [0.717, 1.165) is 42.1 Å². The Morgan fingerprint density at radius 3 is 3.00 bits per heavy atom. The van der Waals surface area contributed by atoms with Crippen molar-refractivity contribution in [1.82, 2.24) is 9.88 Å². The van der Waals surface area contributed by atoms with Gasteiger partial charge in [0.25, 0.3) is 5.76 Å². The lowest BCUT2D eigenvalue weighted by molar-refractivity contribution is 0.252. The van der Waals surface area contributed by atoms with E-state index in [0.29, 0.717) is 35.5 Å². The number of aromatic nitrogens is 1. The number of thioether (sulfide) groups is 1. The predicted molar refractivity (Wildman–Crippen MR) is 91.5 cm³/mol. The van der Waals surface area contributed by atoms with E-state index in [2.05, 4.69) is 4.98 Å². The molecule has 2 nitrogen and oxygen atoms in total. The van der Waals surface area contributed by atoms with Crippen molar-refractivity contribution in [3.05, 3.63) is 29.5 Å². The Morgan fingerprint density at radius 1 is 1.39 bits per heavy atom. The number of rotatable bonds is 5. The first-order valence-corrected chi connectivity index (χ1v) is 9.07. The highest BCUT2D eigenvalue weighted by Crippen LogP contribution is 2.44. The molecule has 0 amide bonds. The third kappa shape index (κ3) is 3.13. The molecule has 0 unspecified atom stereocenters. The van der Waals surface area contributed by atoms with Crippen LogP contribution in [0.15, 0.2) is 23.1 Å². The highest BCUT2D eigenvalue weighted by Gasteiger charge is 2.31. The molecular weight excluding hydrogens is 314 g/mol. The van der Waals surface area contributed by atoms with Crippen LogP contribution in [0.3, 0.4) is 0 Å². The number of halogens is 2. The highest BCUT2D eigenvalue weighted by atomic mass is 32.2. The molecule has 2 heterocycles. The molecule has 1 N–H and O–H groups in total. The van der Waals surface area contributed by atoms with E-state index in [1.807, 2.05) is 12.1 Å². The van der Waals surface area contributed by atoms with Crippen molar-refractivity contribution in [2.75, 3.05) is 13.5 Å². The number of hydrogen-bond acceptors (Lipinski definition) is 2. The van der Waals surface area contributed by atoms with Crippen LogP contribution in [-0.4, -0.2) is 35.2 Å². The Labute approximate surface area is 143 Å². The minimum atomic E-state index is -2.45.